The third kappa shape index (κ3) is 3.31. The summed E-state index contributed by atoms with van der Waals surface area (Å²) in [5, 5.41) is 10.2. The molecule has 2 rings (SSSR count). The SMILES string of the molecule is COc1cc2c(CCCO)cn(CCCN)c2cc1OC. The van der Waals surface area contributed by atoms with Crippen LogP contribution in [-0.4, -0.2) is 37.0 Å². The van der Waals surface area contributed by atoms with Crippen molar-refractivity contribution in [2.75, 3.05) is 27.4 Å². The number of aromatic nitrogens is 1. The predicted octanol–water partition coefficient (Wildman–Crippen LogP) is 1.93. The Kier molecular flexibility index (Phi) is 5.47. The van der Waals surface area contributed by atoms with Gasteiger partial charge in [0.25, 0.3) is 0 Å². The van der Waals surface area contributed by atoms with Crippen LogP contribution in [0.2, 0.25) is 0 Å². The maximum atomic E-state index is 9.06. The Balaban J connectivity index is 2.51. The van der Waals surface area contributed by atoms with Crippen LogP contribution in [0.5, 0.6) is 11.5 Å². The number of benzene rings is 1. The van der Waals surface area contributed by atoms with E-state index < -0.39 is 0 Å². The van der Waals surface area contributed by atoms with Crippen LogP contribution in [0.4, 0.5) is 0 Å². The van der Waals surface area contributed by atoms with Crippen LogP contribution in [0.3, 0.4) is 0 Å². The van der Waals surface area contributed by atoms with Gasteiger partial charge in [0.1, 0.15) is 0 Å². The lowest BCUT2D eigenvalue weighted by Gasteiger charge is -2.10. The number of fused-ring (bicyclic) bond motifs is 1. The summed E-state index contributed by atoms with van der Waals surface area (Å²) in [5.41, 5.74) is 7.96. The van der Waals surface area contributed by atoms with Crippen LogP contribution in [0.25, 0.3) is 10.9 Å². The van der Waals surface area contributed by atoms with Crippen molar-refractivity contribution in [3.05, 3.63) is 23.9 Å². The molecule has 0 aliphatic carbocycles. The minimum Gasteiger partial charge on any atom is -0.493 e. The van der Waals surface area contributed by atoms with Crippen molar-refractivity contribution in [2.24, 2.45) is 5.73 Å². The lowest BCUT2D eigenvalue weighted by atomic mass is 10.1. The van der Waals surface area contributed by atoms with E-state index in [0.29, 0.717) is 6.54 Å². The fourth-order valence-electron chi connectivity index (χ4n) is 2.61. The summed E-state index contributed by atoms with van der Waals surface area (Å²) in [4.78, 5) is 0. The van der Waals surface area contributed by atoms with E-state index in [1.165, 1.54) is 5.56 Å². The van der Waals surface area contributed by atoms with Crippen molar-refractivity contribution in [2.45, 2.75) is 25.8 Å². The van der Waals surface area contributed by atoms with Gasteiger partial charge in [-0.2, -0.15) is 0 Å². The Hall–Kier alpha value is -1.72. The van der Waals surface area contributed by atoms with Gasteiger partial charge in [-0.05, 0) is 37.4 Å². The van der Waals surface area contributed by atoms with E-state index in [-0.39, 0.29) is 6.61 Å². The number of aliphatic hydroxyl groups is 1. The van der Waals surface area contributed by atoms with Crippen molar-refractivity contribution >= 4 is 10.9 Å². The third-order valence-electron chi connectivity index (χ3n) is 3.68. The molecule has 1 aromatic heterocycles. The second kappa shape index (κ2) is 7.33. The normalized spacial score (nSPS) is 11.0. The Morgan fingerprint density at radius 1 is 1.14 bits per heavy atom. The highest BCUT2D eigenvalue weighted by Crippen LogP contribution is 2.35. The maximum absolute atomic E-state index is 9.06. The second-order valence-corrected chi connectivity index (χ2v) is 5.04. The topological polar surface area (TPSA) is 69.6 Å². The van der Waals surface area contributed by atoms with Gasteiger partial charge >= 0.3 is 0 Å². The minimum absolute atomic E-state index is 0.197. The molecule has 0 unspecified atom stereocenters. The molecule has 0 saturated carbocycles. The first-order valence-electron chi connectivity index (χ1n) is 7.29. The number of hydrogen-bond acceptors (Lipinski definition) is 4. The van der Waals surface area contributed by atoms with Crippen molar-refractivity contribution in [3.8, 4) is 11.5 Å². The quantitative estimate of drug-likeness (QED) is 0.780. The van der Waals surface area contributed by atoms with Crippen LogP contribution in [0.1, 0.15) is 18.4 Å². The summed E-state index contributed by atoms with van der Waals surface area (Å²) >= 11 is 0. The van der Waals surface area contributed by atoms with E-state index in [2.05, 4.69) is 10.8 Å². The van der Waals surface area contributed by atoms with E-state index in [4.69, 9.17) is 20.3 Å². The smallest absolute Gasteiger partial charge is 0.162 e. The summed E-state index contributed by atoms with van der Waals surface area (Å²) < 4.78 is 13.0. The number of methoxy groups -OCH3 is 2. The lowest BCUT2D eigenvalue weighted by molar-refractivity contribution is 0.288. The van der Waals surface area contributed by atoms with Crippen LogP contribution >= 0.6 is 0 Å². The fourth-order valence-corrected chi connectivity index (χ4v) is 2.61. The Bertz CT molecular complexity index is 543. The van der Waals surface area contributed by atoms with Gasteiger partial charge in [-0.15, -0.1) is 0 Å². The van der Waals surface area contributed by atoms with E-state index in [9.17, 15) is 0 Å². The molecule has 0 bridgehead atoms. The summed E-state index contributed by atoms with van der Waals surface area (Å²) in [6.07, 6.45) is 4.68. The number of ether oxygens (including phenoxy) is 2. The first kappa shape index (κ1) is 15.7. The summed E-state index contributed by atoms with van der Waals surface area (Å²) in [5.74, 6) is 1.46. The van der Waals surface area contributed by atoms with Gasteiger partial charge in [0, 0.05) is 30.8 Å². The van der Waals surface area contributed by atoms with Crippen LogP contribution in [-0.2, 0) is 13.0 Å². The molecule has 1 heterocycles. The molecule has 1 aromatic carbocycles. The molecule has 21 heavy (non-hydrogen) atoms. The zero-order valence-electron chi connectivity index (χ0n) is 12.8. The summed E-state index contributed by atoms with van der Waals surface area (Å²) in [6, 6.07) is 4.02. The first-order chi connectivity index (χ1) is 10.2. The number of aryl methyl sites for hydroxylation is 2. The molecule has 3 N–H and O–H groups in total. The molecule has 0 radical (unpaired) electrons. The zero-order chi connectivity index (χ0) is 15.2. The molecule has 0 amide bonds. The Morgan fingerprint density at radius 3 is 2.48 bits per heavy atom. The molecular formula is C16H24N2O3. The van der Waals surface area contributed by atoms with Crippen molar-refractivity contribution in [1.82, 2.24) is 4.57 Å². The Morgan fingerprint density at radius 2 is 1.86 bits per heavy atom. The second-order valence-electron chi connectivity index (χ2n) is 5.04. The van der Waals surface area contributed by atoms with Crippen molar-refractivity contribution < 1.29 is 14.6 Å². The molecule has 0 atom stereocenters. The lowest BCUT2D eigenvalue weighted by Crippen LogP contribution is -2.05. The molecule has 0 aliphatic rings. The molecule has 2 aromatic rings. The average molecular weight is 292 g/mol. The van der Waals surface area contributed by atoms with E-state index in [1.807, 2.05) is 12.1 Å². The molecule has 5 nitrogen and oxygen atoms in total. The molecule has 0 spiro atoms. The van der Waals surface area contributed by atoms with E-state index in [0.717, 1.165) is 48.2 Å². The van der Waals surface area contributed by atoms with Gasteiger partial charge in [-0.1, -0.05) is 0 Å². The third-order valence-corrected chi connectivity index (χ3v) is 3.68. The highest BCUT2D eigenvalue weighted by molar-refractivity contribution is 5.87. The van der Waals surface area contributed by atoms with Crippen LogP contribution in [0, 0.1) is 0 Å². The molecular weight excluding hydrogens is 268 g/mol. The van der Waals surface area contributed by atoms with E-state index in [1.54, 1.807) is 14.2 Å². The molecule has 0 aliphatic heterocycles. The van der Waals surface area contributed by atoms with E-state index >= 15 is 0 Å². The molecule has 0 fully saturated rings. The van der Waals surface area contributed by atoms with Crippen molar-refractivity contribution in [1.29, 1.82) is 0 Å². The monoisotopic (exact) mass is 292 g/mol. The van der Waals surface area contributed by atoms with Gasteiger partial charge in [0.15, 0.2) is 11.5 Å². The highest BCUT2D eigenvalue weighted by atomic mass is 16.5. The number of aliphatic hydroxyl groups excluding tert-OH is 1. The molecule has 5 heteroatoms. The van der Waals surface area contributed by atoms with Crippen LogP contribution < -0.4 is 15.2 Å². The number of hydrogen-bond donors (Lipinski definition) is 2. The van der Waals surface area contributed by atoms with Gasteiger partial charge in [-0.25, -0.2) is 0 Å². The van der Waals surface area contributed by atoms with Gasteiger partial charge in [-0.3, -0.25) is 0 Å². The average Bonchev–Trinajstić information content (AvgIpc) is 2.86. The van der Waals surface area contributed by atoms with Gasteiger partial charge < -0.3 is 24.9 Å². The number of nitrogens with zero attached hydrogens (tertiary/aromatic N) is 1. The predicted molar refractivity (Wildman–Crippen MR) is 84.1 cm³/mol. The van der Waals surface area contributed by atoms with Crippen molar-refractivity contribution in [3.63, 3.8) is 0 Å². The minimum atomic E-state index is 0.197. The molecule has 116 valence electrons. The fraction of sp³-hybridized carbons (Fsp3) is 0.500. The Labute approximate surface area is 125 Å². The zero-order valence-corrected chi connectivity index (χ0v) is 12.8. The molecule has 0 saturated heterocycles. The summed E-state index contributed by atoms with van der Waals surface area (Å²) in [6.45, 7) is 1.74. The van der Waals surface area contributed by atoms with Gasteiger partial charge in [0.05, 0.1) is 19.7 Å². The first-order valence-corrected chi connectivity index (χ1v) is 7.29. The standard InChI is InChI=1S/C16H24N2O3/c1-20-15-9-13-12(5-3-8-19)11-18(7-4-6-17)14(13)10-16(15)21-2/h9-11,19H,3-8,17H2,1-2H3. The largest absolute Gasteiger partial charge is 0.493 e. The highest BCUT2D eigenvalue weighted by Gasteiger charge is 2.13. The number of rotatable bonds is 8. The van der Waals surface area contributed by atoms with Gasteiger partial charge in [0.2, 0.25) is 0 Å². The summed E-state index contributed by atoms with van der Waals surface area (Å²) in [7, 11) is 3.28. The maximum Gasteiger partial charge on any atom is 0.162 e. The number of nitrogens with two attached hydrogens (primary N) is 1. The van der Waals surface area contributed by atoms with Crippen LogP contribution in [0.15, 0.2) is 18.3 Å².